The van der Waals surface area contributed by atoms with Gasteiger partial charge in [0.1, 0.15) is 5.92 Å². The van der Waals surface area contributed by atoms with E-state index in [-0.39, 0.29) is 12.5 Å². The Hall–Kier alpha value is -2.63. The van der Waals surface area contributed by atoms with Crippen molar-refractivity contribution in [3.8, 4) is 0 Å². The minimum atomic E-state index is -0.829. The van der Waals surface area contributed by atoms with Crippen molar-refractivity contribution < 1.29 is 14.3 Å². The molecule has 140 valence electrons. The van der Waals surface area contributed by atoms with Crippen molar-refractivity contribution in [3.63, 3.8) is 0 Å². The lowest BCUT2D eigenvalue weighted by Crippen LogP contribution is -2.41. The molecule has 0 fully saturated rings. The molecule has 0 saturated heterocycles. The number of hydrogen-bond acceptors (Lipinski definition) is 4. The number of amides is 1. The molecule has 6 nitrogen and oxygen atoms in total. The summed E-state index contributed by atoms with van der Waals surface area (Å²) >= 11 is 0. The van der Waals surface area contributed by atoms with Crippen LogP contribution in [0.25, 0.3) is 0 Å². The van der Waals surface area contributed by atoms with E-state index in [4.69, 9.17) is 4.74 Å². The van der Waals surface area contributed by atoms with Crippen molar-refractivity contribution in [1.82, 2.24) is 14.7 Å². The number of aromatic nitrogens is 2. The van der Waals surface area contributed by atoms with E-state index in [1.165, 1.54) is 0 Å². The zero-order chi connectivity index (χ0) is 18.9. The van der Waals surface area contributed by atoms with Gasteiger partial charge in [-0.15, -0.1) is 0 Å². The topological polar surface area (TPSA) is 64.4 Å². The Balaban J connectivity index is 2.12. The van der Waals surface area contributed by atoms with Gasteiger partial charge in [0.2, 0.25) is 5.91 Å². The number of carbonyl (C=O) groups is 2. The van der Waals surface area contributed by atoms with Crippen molar-refractivity contribution >= 4 is 11.9 Å². The maximum atomic E-state index is 12.7. The molecule has 0 bridgehead atoms. The molecule has 0 radical (unpaired) electrons. The lowest BCUT2D eigenvalue weighted by atomic mass is 10.00. The van der Waals surface area contributed by atoms with Gasteiger partial charge in [-0.2, -0.15) is 5.10 Å². The van der Waals surface area contributed by atoms with Gasteiger partial charge in [0.25, 0.3) is 0 Å². The normalized spacial score (nSPS) is 11.8. The molecular weight excluding hydrogens is 330 g/mol. The van der Waals surface area contributed by atoms with Crippen LogP contribution in [0.4, 0.5) is 0 Å². The molecule has 0 N–H and O–H groups in total. The molecular formula is C20H27N3O3. The Labute approximate surface area is 154 Å². The van der Waals surface area contributed by atoms with Crippen molar-refractivity contribution in [2.45, 2.75) is 33.7 Å². The van der Waals surface area contributed by atoms with Crippen LogP contribution in [0.2, 0.25) is 0 Å². The van der Waals surface area contributed by atoms with E-state index in [9.17, 15) is 9.59 Å². The summed E-state index contributed by atoms with van der Waals surface area (Å²) in [6.07, 6.45) is 3.89. The molecule has 0 aliphatic rings. The summed E-state index contributed by atoms with van der Waals surface area (Å²) in [5.74, 6) is -1.49. The summed E-state index contributed by atoms with van der Waals surface area (Å²) in [6, 6.07) is 10.0. The fraction of sp³-hybridized carbons (Fsp3) is 0.450. The van der Waals surface area contributed by atoms with Gasteiger partial charge in [0.15, 0.2) is 0 Å². The molecule has 1 atom stereocenters. The van der Waals surface area contributed by atoms with E-state index in [2.05, 4.69) is 5.10 Å². The van der Waals surface area contributed by atoms with Gasteiger partial charge in [0.05, 0.1) is 19.3 Å². The van der Waals surface area contributed by atoms with Crippen molar-refractivity contribution in [2.24, 2.45) is 5.92 Å². The maximum absolute atomic E-state index is 12.7. The molecule has 0 aliphatic carbocycles. The summed E-state index contributed by atoms with van der Waals surface area (Å²) in [5.41, 5.74) is 1.99. The van der Waals surface area contributed by atoms with Crippen molar-refractivity contribution in [1.29, 1.82) is 0 Å². The molecule has 2 rings (SSSR count). The third-order valence-electron chi connectivity index (χ3n) is 4.26. The highest BCUT2D eigenvalue weighted by Gasteiger charge is 2.31. The fourth-order valence-corrected chi connectivity index (χ4v) is 2.87. The summed E-state index contributed by atoms with van der Waals surface area (Å²) in [5, 5.41) is 4.35. The third-order valence-corrected chi connectivity index (χ3v) is 4.26. The lowest BCUT2D eigenvalue weighted by molar-refractivity contribution is -0.155. The second-order valence-corrected chi connectivity index (χ2v) is 6.05. The average molecular weight is 357 g/mol. The van der Waals surface area contributed by atoms with E-state index in [1.54, 1.807) is 18.0 Å². The number of ether oxygens (including phenoxy) is 1. The highest BCUT2D eigenvalue weighted by molar-refractivity contribution is 5.98. The zero-order valence-corrected chi connectivity index (χ0v) is 15.7. The predicted molar refractivity (Wildman–Crippen MR) is 99.5 cm³/mol. The Morgan fingerprint density at radius 2 is 1.81 bits per heavy atom. The third kappa shape index (κ3) is 5.18. The molecule has 1 aromatic heterocycles. The summed E-state index contributed by atoms with van der Waals surface area (Å²) in [4.78, 5) is 26.7. The quantitative estimate of drug-likeness (QED) is 0.511. The molecule has 0 aliphatic heterocycles. The van der Waals surface area contributed by atoms with Crippen LogP contribution in [-0.2, 0) is 27.3 Å². The highest BCUT2D eigenvalue weighted by atomic mass is 16.5. The van der Waals surface area contributed by atoms with Gasteiger partial charge >= 0.3 is 5.97 Å². The number of benzene rings is 1. The number of hydrogen-bond donors (Lipinski definition) is 0. The SMILES string of the molecule is CCOC(=O)C(Cc1cnn(Cc2ccccc2)c1)C(=O)N(CC)CC. The van der Waals surface area contributed by atoms with Crippen molar-refractivity contribution in [3.05, 3.63) is 53.9 Å². The smallest absolute Gasteiger partial charge is 0.318 e. The van der Waals surface area contributed by atoms with Gasteiger partial charge < -0.3 is 9.64 Å². The molecule has 1 amide bonds. The van der Waals surface area contributed by atoms with Crippen LogP contribution in [0.3, 0.4) is 0 Å². The van der Waals surface area contributed by atoms with E-state index >= 15 is 0 Å². The predicted octanol–water partition coefficient (Wildman–Crippen LogP) is 2.52. The van der Waals surface area contributed by atoms with Gasteiger partial charge in [-0.3, -0.25) is 14.3 Å². The number of nitrogens with zero attached hydrogens (tertiary/aromatic N) is 3. The van der Waals surface area contributed by atoms with Crippen molar-refractivity contribution in [2.75, 3.05) is 19.7 Å². The van der Waals surface area contributed by atoms with Gasteiger partial charge in [-0.05, 0) is 38.3 Å². The first-order valence-electron chi connectivity index (χ1n) is 9.09. The molecule has 1 unspecified atom stereocenters. The minimum Gasteiger partial charge on any atom is -0.465 e. The largest absolute Gasteiger partial charge is 0.465 e. The van der Waals surface area contributed by atoms with Crippen LogP contribution in [-0.4, -0.2) is 46.3 Å². The fourth-order valence-electron chi connectivity index (χ4n) is 2.87. The highest BCUT2D eigenvalue weighted by Crippen LogP contribution is 2.15. The number of esters is 1. The zero-order valence-electron chi connectivity index (χ0n) is 15.7. The lowest BCUT2D eigenvalue weighted by Gasteiger charge is -2.23. The first-order chi connectivity index (χ1) is 12.6. The molecule has 1 aromatic carbocycles. The van der Waals surface area contributed by atoms with Crippen LogP contribution in [0.15, 0.2) is 42.7 Å². The Bertz CT molecular complexity index is 708. The molecule has 26 heavy (non-hydrogen) atoms. The Morgan fingerprint density at radius 3 is 2.42 bits per heavy atom. The molecule has 0 spiro atoms. The van der Waals surface area contributed by atoms with E-state index in [1.807, 2.05) is 55.1 Å². The second-order valence-electron chi connectivity index (χ2n) is 6.05. The average Bonchev–Trinajstić information content (AvgIpc) is 3.08. The first kappa shape index (κ1) is 19.7. The first-order valence-corrected chi connectivity index (χ1v) is 9.09. The van der Waals surface area contributed by atoms with E-state index < -0.39 is 11.9 Å². The van der Waals surface area contributed by atoms with Crippen LogP contribution in [0.1, 0.15) is 31.9 Å². The standard InChI is InChI=1S/C20H27N3O3/c1-4-22(5-2)19(24)18(20(25)26-6-3)12-17-13-21-23(15-17)14-16-10-8-7-9-11-16/h7-11,13,15,18H,4-6,12,14H2,1-3H3. The minimum absolute atomic E-state index is 0.191. The molecule has 0 saturated carbocycles. The monoisotopic (exact) mass is 357 g/mol. The van der Waals surface area contributed by atoms with Crippen LogP contribution >= 0.6 is 0 Å². The molecule has 1 heterocycles. The number of rotatable bonds is 9. The Morgan fingerprint density at radius 1 is 1.12 bits per heavy atom. The Kier molecular flexibility index (Phi) is 7.38. The molecule has 2 aromatic rings. The van der Waals surface area contributed by atoms with Crippen LogP contribution in [0, 0.1) is 5.92 Å². The van der Waals surface area contributed by atoms with Gasteiger partial charge in [-0.1, -0.05) is 30.3 Å². The summed E-state index contributed by atoms with van der Waals surface area (Å²) in [7, 11) is 0. The maximum Gasteiger partial charge on any atom is 0.318 e. The van der Waals surface area contributed by atoms with Gasteiger partial charge in [-0.25, -0.2) is 0 Å². The van der Waals surface area contributed by atoms with E-state index in [0.717, 1.165) is 11.1 Å². The summed E-state index contributed by atoms with van der Waals surface area (Å²) in [6.45, 7) is 7.60. The summed E-state index contributed by atoms with van der Waals surface area (Å²) < 4.78 is 6.94. The second kappa shape index (κ2) is 9.75. The van der Waals surface area contributed by atoms with Crippen LogP contribution < -0.4 is 0 Å². The molecule has 6 heteroatoms. The number of carbonyl (C=O) groups excluding carboxylic acids is 2. The van der Waals surface area contributed by atoms with Crippen LogP contribution in [0.5, 0.6) is 0 Å². The van der Waals surface area contributed by atoms with E-state index in [0.29, 0.717) is 26.1 Å². The van der Waals surface area contributed by atoms with Gasteiger partial charge in [0, 0.05) is 19.3 Å².